The van der Waals surface area contributed by atoms with Gasteiger partial charge in [0.25, 0.3) is 5.91 Å². The highest BCUT2D eigenvalue weighted by Gasteiger charge is 2.14. The number of amides is 1. The Labute approximate surface area is 132 Å². The minimum atomic E-state index is -0.542. The van der Waals surface area contributed by atoms with Gasteiger partial charge in [0.15, 0.2) is 5.75 Å². The lowest BCUT2D eigenvalue weighted by molar-refractivity contribution is 0.102. The Balaban J connectivity index is 2.30. The molecule has 3 nitrogen and oxygen atoms in total. The Morgan fingerprint density at radius 3 is 2.45 bits per heavy atom. The number of carbonyl (C=O) groups is 1. The van der Waals surface area contributed by atoms with Gasteiger partial charge in [0, 0.05) is 5.69 Å². The molecule has 1 amide bonds. The molecule has 0 atom stereocenters. The van der Waals surface area contributed by atoms with Gasteiger partial charge in [0.1, 0.15) is 5.82 Å². The van der Waals surface area contributed by atoms with Crippen LogP contribution in [0.3, 0.4) is 0 Å². The first-order valence-electron chi connectivity index (χ1n) is 5.33. The average Bonchev–Trinajstić information content (AvgIpc) is 2.39. The minimum absolute atomic E-state index is 0.00566. The molecule has 0 saturated heterocycles. The van der Waals surface area contributed by atoms with E-state index in [1.54, 1.807) is 0 Å². The highest BCUT2D eigenvalue weighted by atomic mass is 79.9. The van der Waals surface area contributed by atoms with Crippen LogP contribution < -0.4 is 5.32 Å². The lowest BCUT2D eigenvalue weighted by Gasteiger charge is -2.09. The van der Waals surface area contributed by atoms with Crippen LogP contribution in [-0.2, 0) is 0 Å². The monoisotopic (exact) mass is 377 g/mol. The largest absolute Gasteiger partial charge is 0.505 e. The zero-order chi connectivity index (χ0) is 14.9. The summed E-state index contributed by atoms with van der Waals surface area (Å²) in [6, 6.07) is 6.80. The second-order valence-electron chi connectivity index (χ2n) is 3.84. The molecule has 2 N–H and O–H groups in total. The fraction of sp³-hybridized carbons (Fsp3) is 0. The van der Waals surface area contributed by atoms with Crippen molar-refractivity contribution in [3.63, 3.8) is 0 Å². The van der Waals surface area contributed by atoms with Crippen LogP contribution in [0.1, 0.15) is 10.4 Å². The van der Waals surface area contributed by atoms with Gasteiger partial charge in [-0.1, -0.05) is 29.3 Å². The number of hydrogen-bond donors (Lipinski definition) is 2. The number of phenols is 1. The van der Waals surface area contributed by atoms with Crippen molar-refractivity contribution in [3.05, 3.63) is 56.2 Å². The van der Waals surface area contributed by atoms with Gasteiger partial charge in [0.05, 0.1) is 20.1 Å². The third kappa shape index (κ3) is 3.06. The van der Waals surface area contributed by atoms with E-state index in [4.69, 9.17) is 23.2 Å². The molecule has 0 aliphatic carbocycles. The quantitative estimate of drug-likeness (QED) is 0.733. The zero-order valence-corrected chi connectivity index (χ0v) is 12.9. The predicted octanol–water partition coefficient (Wildman–Crippen LogP) is 4.85. The van der Waals surface area contributed by atoms with Crippen LogP contribution in [0.4, 0.5) is 10.1 Å². The number of aromatic hydroxyl groups is 1. The first kappa shape index (κ1) is 15.1. The van der Waals surface area contributed by atoms with Crippen LogP contribution >= 0.6 is 39.1 Å². The van der Waals surface area contributed by atoms with Gasteiger partial charge in [-0.05, 0) is 40.2 Å². The lowest BCUT2D eigenvalue weighted by atomic mass is 10.2. The van der Waals surface area contributed by atoms with Crippen molar-refractivity contribution in [2.75, 3.05) is 5.32 Å². The molecule has 7 heteroatoms. The zero-order valence-electron chi connectivity index (χ0n) is 9.75. The van der Waals surface area contributed by atoms with Crippen molar-refractivity contribution in [3.8, 4) is 5.75 Å². The molecule has 0 heterocycles. The molecule has 0 aliphatic rings. The van der Waals surface area contributed by atoms with Crippen molar-refractivity contribution in [2.24, 2.45) is 0 Å². The molecular weight excluding hydrogens is 372 g/mol. The lowest BCUT2D eigenvalue weighted by Crippen LogP contribution is -2.13. The molecular formula is C13H7BrCl2FNO2. The summed E-state index contributed by atoms with van der Waals surface area (Å²) in [5, 5.41) is 12.0. The summed E-state index contributed by atoms with van der Waals surface area (Å²) in [7, 11) is 0. The topological polar surface area (TPSA) is 49.3 Å². The molecule has 0 aliphatic heterocycles. The van der Waals surface area contributed by atoms with E-state index in [2.05, 4.69) is 21.2 Å². The van der Waals surface area contributed by atoms with E-state index in [0.717, 1.165) is 0 Å². The van der Waals surface area contributed by atoms with E-state index >= 15 is 0 Å². The van der Waals surface area contributed by atoms with Crippen molar-refractivity contribution in [1.82, 2.24) is 0 Å². The third-order valence-corrected chi connectivity index (χ3v) is 3.85. The summed E-state index contributed by atoms with van der Waals surface area (Å²) < 4.78 is 13.4. The van der Waals surface area contributed by atoms with Crippen molar-refractivity contribution >= 4 is 50.7 Å². The molecule has 0 fully saturated rings. The molecule has 0 spiro atoms. The van der Waals surface area contributed by atoms with Gasteiger partial charge in [-0.25, -0.2) is 4.39 Å². The number of anilines is 1. The van der Waals surface area contributed by atoms with Crippen LogP contribution in [-0.4, -0.2) is 11.0 Å². The summed E-state index contributed by atoms with van der Waals surface area (Å²) >= 11 is 14.5. The fourth-order valence-electron chi connectivity index (χ4n) is 1.52. The maximum atomic E-state index is 13.4. The van der Waals surface area contributed by atoms with Gasteiger partial charge in [-0.15, -0.1) is 0 Å². The number of rotatable bonds is 2. The van der Waals surface area contributed by atoms with Crippen molar-refractivity contribution in [2.45, 2.75) is 0 Å². The molecule has 0 aromatic heterocycles. The molecule has 2 rings (SSSR count). The second-order valence-corrected chi connectivity index (χ2v) is 5.45. The van der Waals surface area contributed by atoms with E-state index in [1.807, 2.05) is 0 Å². The summed E-state index contributed by atoms with van der Waals surface area (Å²) in [5.74, 6) is -1.34. The number of nitrogens with one attached hydrogen (secondary N) is 1. The molecule has 0 saturated carbocycles. The molecule has 20 heavy (non-hydrogen) atoms. The van der Waals surface area contributed by atoms with Gasteiger partial charge in [-0.2, -0.15) is 0 Å². The standard InChI is InChI=1S/C13H7BrCl2FNO2/c14-11-7(2-1-3-10(11)17)13(20)18-6-4-8(15)12(19)9(16)5-6/h1-5,19H,(H,18,20). The summed E-state index contributed by atoms with van der Waals surface area (Å²) in [5.41, 5.74) is 0.421. The van der Waals surface area contributed by atoms with Crippen molar-refractivity contribution < 1.29 is 14.3 Å². The molecule has 2 aromatic rings. The average molecular weight is 379 g/mol. The first-order chi connectivity index (χ1) is 9.40. The smallest absolute Gasteiger partial charge is 0.256 e. The second kappa shape index (κ2) is 5.99. The molecule has 0 radical (unpaired) electrons. The molecule has 0 bridgehead atoms. The third-order valence-electron chi connectivity index (χ3n) is 2.47. The SMILES string of the molecule is O=C(Nc1cc(Cl)c(O)c(Cl)c1)c1cccc(F)c1Br. The number of carbonyl (C=O) groups excluding carboxylic acids is 1. The van der Waals surface area contributed by atoms with Crippen LogP contribution in [0.15, 0.2) is 34.8 Å². The van der Waals surface area contributed by atoms with Gasteiger partial charge in [-0.3, -0.25) is 4.79 Å². The number of benzene rings is 2. The normalized spacial score (nSPS) is 10.4. The summed E-state index contributed by atoms with van der Waals surface area (Å²) in [4.78, 5) is 12.0. The molecule has 2 aromatic carbocycles. The van der Waals surface area contributed by atoms with E-state index < -0.39 is 11.7 Å². The Morgan fingerprint density at radius 1 is 1.25 bits per heavy atom. The fourth-order valence-corrected chi connectivity index (χ4v) is 2.45. The highest BCUT2D eigenvalue weighted by molar-refractivity contribution is 9.10. The first-order valence-corrected chi connectivity index (χ1v) is 6.88. The van der Waals surface area contributed by atoms with Crippen LogP contribution in [0.25, 0.3) is 0 Å². The van der Waals surface area contributed by atoms with Crippen molar-refractivity contribution in [1.29, 1.82) is 0 Å². The van der Waals surface area contributed by atoms with E-state index in [-0.39, 0.29) is 25.8 Å². The maximum Gasteiger partial charge on any atom is 0.256 e. The van der Waals surface area contributed by atoms with E-state index in [0.29, 0.717) is 5.69 Å². The summed E-state index contributed by atoms with van der Waals surface area (Å²) in [6.07, 6.45) is 0. The number of phenolic OH excluding ortho intramolecular Hbond substituents is 1. The molecule has 104 valence electrons. The Morgan fingerprint density at radius 2 is 1.85 bits per heavy atom. The van der Waals surface area contributed by atoms with Gasteiger partial charge in [0.2, 0.25) is 0 Å². The Hall–Kier alpha value is -1.30. The van der Waals surface area contributed by atoms with E-state index in [1.165, 1.54) is 30.3 Å². The van der Waals surface area contributed by atoms with Crippen LogP contribution in [0, 0.1) is 5.82 Å². The Kier molecular flexibility index (Phi) is 4.52. The maximum absolute atomic E-state index is 13.4. The van der Waals surface area contributed by atoms with E-state index in [9.17, 15) is 14.3 Å². The molecule has 0 unspecified atom stereocenters. The van der Waals surface area contributed by atoms with Gasteiger partial charge < -0.3 is 10.4 Å². The minimum Gasteiger partial charge on any atom is -0.505 e. The highest BCUT2D eigenvalue weighted by Crippen LogP contribution is 2.35. The Bertz CT molecular complexity index is 671. The number of halogens is 4. The predicted molar refractivity (Wildman–Crippen MR) is 80.2 cm³/mol. The number of hydrogen-bond acceptors (Lipinski definition) is 2. The summed E-state index contributed by atoms with van der Waals surface area (Å²) in [6.45, 7) is 0. The van der Waals surface area contributed by atoms with Crippen LogP contribution in [0.2, 0.25) is 10.0 Å². The van der Waals surface area contributed by atoms with Crippen LogP contribution in [0.5, 0.6) is 5.75 Å². The van der Waals surface area contributed by atoms with Gasteiger partial charge >= 0.3 is 0 Å².